The van der Waals surface area contributed by atoms with Gasteiger partial charge in [0, 0.05) is 5.88 Å². The monoisotopic (exact) mass is 222 g/mol. The number of allylic oxidation sites excluding steroid dienone is 1. The Morgan fingerprint density at radius 2 is 1.86 bits per heavy atom. The van der Waals surface area contributed by atoms with Crippen LogP contribution in [0.15, 0.2) is 12.2 Å². The molecule has 0 amide bonds. The molecule has 14 heavy (non-hydrogen) atoms. The molecule has 0 aromatic carbocycles. The molecule has 0 aliphatic rings. The van der Waals surface area contributed by atoms with Crippen LogP contribution >= 0.6 is 11.6 Å². The normalized spacial score (nSPS) is 9.14. The topological polar surface area (TPSA) is 0 Å². The van der Waals surface area contributed by atoms with Crippen LogP contribution in [-0.4, -0.2) is 12.6 Å². The highest BCUT2D eigenvalue weighted by Crippen LogP contribution is 2.02. The van der Waals surface area contributed by atoms with Gasteiger partial charge in [-0.3, -0.25) is 4.39 Å². The van der Waals surface area contributed by atoms with Gasteiger partial charge in [0.1, 0.15) is 0 Å². The van der Waals surface area contributed by atoms with Crippen LogP contribution in [0.1, 0.15) is 52.4 Å². The number of hydrogen-bond donors (Lipinski definition) is 0. The van der Waals surface area contributed by atoms with Crippen LogP contribution in [0.3, 0.4) is 0 Å². The largest absolute Gasteiger partial charge is 0.251 e. The minimum Gasteiger partial charge on any atom is -0.251 e. The molecule has 0 heterocycles. The first-order chi connectivity index (χ1) is 6.68. The summed E-state index contributed by atoms with van der Waals surface area (Å²) in [6.07, 6.45) is 6.34. The van der Waals surface area contributed by atoms with Crippen molar-refractivity contribution in [3.8, 4) is 0 Å². The molecule has 0 saturated heterocycles. The van der Waals surface area contributed by atoms with E-state index in [1.165, 1.54) is 19.3 Å². The van der Waals surface area contributed by atoms with E-state index in [0.717, 1.165) is 24.3 Å². The van der Waals surface area contributed by atoms with Crippen molar-refractivity contribution in [2.24, 2.45) is 0 Å². The van der Waals surface area contributed by atoms with E-state index in [0.29, 0.717) is 6.42 Å². The first-order valence-electron chi connectivity index (χ1n) is 5.45. The zero-order valence-electron chi connectivity index (χ0n) is 9.62. The number of alkyl halides is 2. The Labute approximate surface area is 93.5 Å². The molecule has 0 rings (SSSR count). The zero-order chi connectivity index (χ0) is 11.2. The predicted molar refractivity (Wildman–Crippen MR) is 64.9 cm³/mol. The third kappa shape index (κ3) is 22.7. The van der Waals surface area contributed by atoms with E-state index < -0.39 is 0 Å². The number of unbranched alkanes of at least 4 members (excludes halogenated alkanes) is 3. The van der Waals surface area contributed by atoms with E-state index in [9.17, 15) is 4.39 Å². The van der Waals surface area contributed by atoms with Crippen molar-refractivity contribution >= 4 is 11.6 Å². The third-order valence-electron chi connectivity index (χ3n) is 1.72. The smallest absolute Gasteiger partial charge is 0.0894 e. The van der Waals surface area contributed by atoms with Crippen LogP contribution in [-0.2, 0) is 0 Å². The van der Waals surface area contributed by atoms with Crippen molar-refractivity contribution in [2.45, 2.75) is 52.4 Å². The minimum absolute atomic E-state index is 0.187. The van der Waals surface area contributed by atoms with E-state index in [1.807, 2.05) is 6.92 Å². The number of rotatable bonds is 7. The zero-order valence-corrected chi connectivity index (χ0v) is 10.4. The van der Waals surface area contributed by atoms with Gasteiger partial charge in [-0.2, -0.15) is 0 Å². The van der Waals surface area contributed by atoms with Gasteiger partial charge < -0.3 is 0 Å². The van der Waals surface area contributed by atoms with Gasteiger partial charge in [0.25, 0.3) is 0 Å². The number of halogens is 2. The van der Waals surface area contributed by atoms with Crippen LogP contribution in [0, 0.1) is 0 Å². The fourth-order valence-corrected chi connectivity index (χ4v) is 1.05. The lowest BCUT2D eigenvalue weighted by Crippen LogP contribution is -1.78. The lowest BCUT2D eigenvalue weighted by atomic mass is 10.1. The Kier molecular flexibility index (Phi) is 18.1. The molecule has 0 N–H and O–H groups in total. The van der Waals surface area contributed by atoms with Crippen molar-refractivity contribution < 1.29 is 4.39 Å². The summed E-state index contributed by atoms with van der Waals surface area (Å²) in [5.74, 6) is 0.827. The van der Waals surface area contributed by atoms with Crippen LogP contribution in [0.5, 0.6) is 0 Å². The van der Waals surface area contributed by atoms with Gasteiger partial charge >= 0.3 is 0 Å². The van der Waals surface area contributed by atoms with Crippen LogP contribution in [0.25, 0.3) is 0 Å². The van der Waals surface area contributed by atoms with Crippen LogP contribution in [0.4, 0.5) is 4.39 Å². The molecule has 0 fully saturated rings. The van der Waals surface area contributed by atoms with Gasteiger partial charge in [-0.15, -0.1) is 18.2 Å². The van der Waals surface area contributed by atoms with Crippen molar-refractivity contribution in [1.82, 2.24) is 0 Å². The summed E-state index contributed by atoms with van der Waals surface area (Å²) >= 11 is 5.38. The van der Waals surface area contributed by atoms with Gasteiger partial charge in [-0.1, -0.05) is 25.3 Å². The highest BCUT2D eigenvalue weighted by Gasteiger charge is 1.86. The minimum atomic E-state index is -0.187. The molecular weight excluding hydrogens is 199 g/mol. The van der Waals surface area contributed by atoms with Gasteiger partial charge in [0.2, 0.25) is 0 Å². The number of hydrogen-bond acceptors (Lipinski definition) is 0. The Morgan fingerprint density at radius 3 is 2.14 bits per heavy atom. The van der Waals surface area contributed by atoms with E-state index >= 15 is 0 Å². The molecule has 0 aromatic rings. The maximum Gasteiger partial charge on any atom is 0.0894 e. The molecule has 0 atom stereocenters. The summed E-state index contributed by atoms with van der Waals surface area (Å²) in [5, 5.41) is 0. The molecule has 0 aliphatic heterocycles. The van der Waals surface area contributed by atoms with E-state index in [1.54, 1.807) is 0 Å². The van der Waals surface area contributed by atoms with E-state index in [-0.39, 0.29) is 6.67 Å². The molecule has 2 heteroatoms. The highest BCUT2D eigenvalue weighted by molar-refractivity contribution is 6.17. The van der Waals surface area contributed by atoms with Gasteiger partial charge in [0.15, 0.2) is 0 Å². The highest BCUT2D eigenvalue weighted by atomic mass is 35.5. The molecule has 0 aromatic heterocycles. The van der Waals surface area contributed by atoms with E-state index in [2.05, 4.69) is 13.5 Å². The molecule has 0 unspecified atom stereocenters. The first kappa shape index (κ1) is 16.4. The lowest BCUT2D eigenvalue weighted by molar-refractivity contribution is 0.462. The van der Waals surface area contributed by atoms with Crippen LogP contribution < -0.4 is 0 Å². The Balaban J connectivity index is 0. The summed E-state index contributed by atoms with van der Waals surface area (Å²) in [6, 6.07) is 0. The van der Waals surface area contributed by atoms with Gasteiger partial charge in [0.05, 0.1) is 6.67 Å². The van der Waals surface area contributed by atoms with Crippen molar-refractivity contribution in [1.29, 1.82) is 0 Å². The fourth-order valence-electron chi connectivity index (χ4n) is 0.866. The van der Waals surface area contributed by atoms with Crippen molar-refractivity contribution in [3.05, 3.63) is 12.2 Å². The second-order valence-electron chi connectivity index (χ2n) is 3.50. The fraction of sp³-hybridized carbons (Fsp3) is 0.833. The standard InChI is InChI=1S/C7H13F.C5H11Cl/c1-7(2)5-3-4-6-8;1-2-3-4-5-6/h1,3-6H2,2H3;2-5H2,1H3. The van der Waals surface area contributed by atoms with Crippen molar-refractivity contribution in [3.63, 3.8) is 0 Å². The average Bonchev–Trinajstić information content (AvgIpc) is 2.16. The van der Waals surface area contributed by atoms with Crippen LogP contribution in [0.2, 0.25) is 0 Å². The van der Waals surface area contributed by atoms with Gasteiger partial charge in [-0.25, -0.2) is 0 Å². The molecular formula is C12H24ClF. The summed E-state index contributed by atoms with van der Waals surface area (Å²) in [6.45, 7) is 7.66. The molecule has 86 valence electrons. The Morgan fingerprint density at radius 1 is 1.21 bits per heavy atom. The maximum absolute atomic E-state index is 11.4. The van der Waals surface area contributed by atoms with Crippen molar-refractivity contribution in [2.75, 3.05) is 12.6 Å². The summed E-state index contributed by atoms with van der Waals surface area (Å²) in [4.78, 5) is 0. The molecule has 0 radical (unpaired) electrons. The molecule has 0 spiro atoms. The summed E-state index contributed by atoms with van der Waals surface area (Å²) in [5.41, 5.74) is 1.15. The summed E-state index contributed by atoms with van der Waals surface area (Å²) < 4.78 is 11.4. The maximum atomic E-state index is 11.4. The second-order valence-corrected chi connectivity index (χ2v) is 3.88. The predicted octanol–water partition coefficient (Wildman–Crippen LogP) is 5.12. The Bertz CT molecular complexity index is 109. The lowest BCUT2D eigenvalue weighted by Gasteiger charge is -1.93. The molecule has 0 nitrogen and oxygen atoms in total. The second kappa shape index (κ2) is 15.4. The molecule has 0 saturated carbocycles. The molecule has 0 bridgehead atoms. The Hall–Kier alpha value is -0.0400. The first-order valence-corrected chi connectivity index (χ1v) is 5.98. The van der Waals surface area contributed by atoms with E-state index in [4.69, 9.17) is 11.6 Å². The quantitative estimate of drug-likeness (QED) is 0.319. The molecule has 0 aliphatic carbocycles. The summed E-state index contributed by atoms with van der Waals surface area (Å²) in [7, 11) is 0. The average molecular weight is 223 g/mol. The van der Waals surface area contributed by atoms with Gasteiger partial charge in [-0.05, 0) is 32.6 Å². The SMILES string of the molecule is C=C(C)CCCCF.CCCCCCl. The third-order valence-corrected chi connectivity index (χ3v) is 1.99.